The fraction of sp³-hybridized carbons (Fsp3) is 0.125. The molecule has 0 saturated heterocycles. The summed E-state index contributed by atoms with van der Waals surface area (Å²) in [4.78, 5) is 12.6. The summed E-state index contributed by atoms with van der Waals surface area (Å²) in [7, 11) is 0. The number of halogens is 1. The smallest absolute Gasteiger partial charge is 0.263 e. The first-order valence-corrected chi connectivity index (χ1v) is 7.81. The Morgan fingerprint density at radius 2 is 2.23 bits per heavy atom. The zero-order valence-corrected chi connectivity index (χ0v) is 13.6. The molecule has 3 N–H and O–H groups in total. The van der Waals surface area contributed by atoms with Crippen molar-refractivity contribution in [2.45, 2.75) is 6.92 Å². The molecule has 4 nitrogen and oxygen atoms in total. The molecule has 114 valence electrons. The van der Waals surface area contributed by atoms with Crippen LogP contribution in [0.5, 0.6) is 0 Å². The van der Waals surface area contributed by atoms with Crippen molar-refractivity contribution in [2.75, 3.05) is 6.54 Å². The summed E-state index contributed by atoms with van der Waals surface area (Å²) in [6.07, 6.45) is 6.84. The van der Waals surface area contributed by atoms with Crippen molar-refractivity contribution in [1.29, 1.82) is 0 Å². The molecule has 1 aromatic carbocycles. The third kappa shape index (κ3) is 3.96. The maximum atomic E-state index is 11.9. The molecule has 0 saturated carbocycles. The van der Waals surface area contributed by atoms with Crippen LogP contribution >= 0.6 is 23.1 Å². The Morgan fingerprint density at radius 3 is 2.86 bits per heavy atom. The number of nitrogens with one attached hydrogen (secondary N) is 1. The van der Waals surface area contributed by atoms with E-state index in [4.69, 9.17) is 17.3 Å². The molecule has 0 aliphatic carbocycles. The predicted octanol–water partition coefficient (Wildman–Crippen LogP) is 3.39. The van der Waals surface area contributed by atoms with Crippen molar-refractivity contribution in [1.82, 2.24) is 9.69 Å². The van der Waals surface area contributed by atoms with E-state index in [-0.39, 0.29) is 5.91 Å². The van der Waals surface area contributed by atoms with Gasteiger partial charge in [0.05, 0.1) is 0 Å². The summed E-state index contributed by atoms with van der Waals surface area (Å²) >= 11 is 7.33. The number of benzene rings is 1. The number of nitrogens with zero attached hydrogens (tertiary/aromatic N) is 1. The van der Waals surface area contributed by atoms with Crippen LogP contribution in [-0.2, 0) is 0 Å². The number of amides is 1. The normalized spacial score (nSPS) is 11.8. The molecule has 0 aliphatic heterocycles. The Labute approximate surface area is 138 Å². The molecule has 0 radical (unpaired) electrons. The van der Waals surface area contributed by atoms with E-state index in [1.54, 1.807) is 6.20 Å². The van der Waals surface area contributed by atoms with Crippen LogP contribution in [0.1, 0.15) is 20.8 Å². The van der Waals surface area contributed by atoms with Gasteiger partial charge in [-0.15, -0.1) is 0 Å². The fourth-order valence-corrected chi connectivity index (χ4v) is 2.77. The lowest BCUT2D eigenvalue weighted by Gasteiger charge is -2.04. The Bertz CT molecular complexity index is 722. The molecule has 2 rings (SSSR count). The molecule has 0 spiro atoms. The van der Waals surface area contributed by atoms with Crippen LogP contribution in [0, 0.1) is 6.92 Å². The molecule has 0 bridgehead atoms. The number of nitrogens with two attached hydrogens (primary N) is 1. The van der Waals surface area contributed by atoms with Gasteiger partial charge in [0.2, 0.25) is 0 Å². The Balaban J connectivity index is 1.96. The highest BCUT2D eigenvalue weighted by atomic mass is 35.5. The van der Waals surface area contributed by atoms with Crippen LogP contribution in [0.4, 0.5) is 0 Å². The first-order valence-electron chi connectivity index (χ1n) is 6.66. The largest absolute Gasteiger partial charge is 0.404 e. The molecule has 2 aromatic rings. The van der Waals surface area contributed by atoms with E-state index < -0.39 is 0 Å². The zero-order valence-electron chi connectivity index (χ0n) is 12.0. The molecule has 1 aromatic heterocycles. The van der Waals surface area contributed by atoms with Crippen molar-refractivity contribution in [3.63, 3.8) is 0 Å². The van der Waals surface area contributed by atoms with E-state index in [1.807, 2.05) is 43.3 Å². The Hall–Kier alpha value is -2.11. The fourth-order valence-electron chi connectivity index (χ4n) is 1.86. The number of hydrogen-bond acceptors (Lipinski definition) is 4. The van der Waals surface area contributed by atoms with Gasteiger partial charge in [0.15, 0.2) is 0 Å². The van der Waals surface area contributed by atoms with Gasteiger partial charge in [-0.05, 0) is 35.7 Å². The van der Waals surface area contributed by atoms with Gasteiger partial charge in [-0.3, -0.25) is 4.79 Å². The minimum absolute atomic E-state index is 0.124. The minimum Gasteiger partial charge on any atom is -0.404 e. The van der Waals surface area contributed by atoms with Gasteiger partial charge in [-0.2, -0.15) is 0 Å². The SMILES string of the molecule is Cc1cnsc1C(=O)NC/C=C\C(=C/N)c1ccccc1Cl. The standard InChI is InChI=1S/C16H16ClN3OS/c1-11-10-20-22-15(11)16(21)19-8-4-5-12(9-18)13-6-2-3-7-14(13)17/h2-7,9-10H,8,18H2,1H3,(H,19,21)/b5-4-,12-9+. The van der Waals surface area contributed by atoms with Crippen LogP contribution in [0.25, 0.3) is 5.57 Å². The number of rotatable bonds is 5. The van der Waals surface area contributed by atoms with Gasteiger partial charge >= 0.3 is 0 Å². The van der Waals surface area contributed by atoms with Crippen LogP contribution in [0.15, 0.2) is 48.8 Å². The quantitative estimate of drug-likeness (QED) is 0.824. The molecular weight excluding hydrogens is 318 g/mol. The second-order valence-electron chi connectivity index (χ2n) is 4.55. The summed E-state index contributed by atoms with van der Waals surface area (Å²) in [6.45, 7) is 2.26. The third-order valence-electron chi connectivity index (χ3n) is 3.00. The van der Waals surface area contributed by atoms with Gasteiger partial charge in [-0.1, -0.05) is 42.0 Å². The highest BCUT2D eigenvalue weighted by Crippen LogP contribution is 2.23. The first kappa shape index (κ1) is 16.3. The van der Waals surface area contributed by atoms with Gasteiger partial charge < -0.3 is 11.1 Å². The summed E-state index contributed by atoms with van der Waals surface area (Å²) < 4.78 is 3.98. The predicted molar refractivity (Wildman–Crippen MR) is 91.9 cm³/mol. The van der Waals surface area contributed by atoms with E-state index in [0.717, 1.165) is 16.7 Å². The summed E-state index contributed by atoms with van der Waals surface area (Å²) in [6, 6.07) is 7.46. The van der Waals surface area contributed by atoms with Gasteiger partial charge in [0.1, 0.15) is 4.88 Å². The second-order valence-corrected chi connectivity index (χ2v) is 5.76. The summed E-state index contributed by atoms with van der Waals surface area (Å²) in [5.74, 6) is -0.124. The molecule has 0 atom stereocenters. The molecular formula is C16H16ClN3OS. The van der Waals surface area contributed by atoms with E-state index >= 15 is 0 Å². The molecule has 6 heteroatoms. The molecule has 1 heterocycles. The van der Waals surface area contributed by atoms with Crippen LogP contribution < -0.4 is 11.1 Å². The first-order chi connectivity index (χ1) is 10.6. The van der Waals surface area contributed by atoms with Gasteiger partial charge in [0.25, 0.3) is 5.91 Å². The summed E-state index contributed by atoms with van der Waals surface area (Å²) in [5, 5.41) is 3.45. The zero-order chi connectivity index (χ0) is 15.9. The number of carbonyl (C=O) groups is 1. The van der Waals surface area contributed by atoms with Crippen LogP contribution in [0.2, 0.25) is 5.02 Å². The number of carbonyl (C=O) groups excluding carboxylic acids is 1. The number of aromatic nitrogens is 1. The summed E-state index contributed by atoms with van der Waals surface area (Å²) in [5.41, 5.74) is 8.18. The second kappa shape index (κ2) is 7.77. The van der Waals surface area contributed by atoms with Crippen LogP contribution in [-0.4, -0.2) is 16.8 Å². The monoisotopic (exact) mass is 333 g/mol. The Morgan fingerprint density at radius 1 is 1.45 bits per heavy atom. The van der Waals surface area contributed by atoms with Crippen molar-refractivity contribution in [3.8, 4) is 0 Å². The van der Waals surface area contributed by atoms with Crippen LogP contribution in [0.3, 0.4) is 0 Å². The third-order valence-corrected chi connectivity index (χ3v) is 4.23. The Kier molecular flexibility index (Phi) is 5.75. The minimum atomic E-state index is -0.124. The van der Waals surface area contributed by atoms with E-state index in [2.05, 4.69) is 9.69 Å². The van der Waals surface area contributed by atoms with Gasteiger partial charge in [-0.25, -0.2) is 4.37 Å². The lowest BCUT2D eigenvalue weighted by atomic mass is 10.1. The number of allylic oxidation sites excluding steroid dienone is 2. The number of hydrogen-bond donors (Lipinski definition) is 2. The van der Waals surface area contributed by atoms with Crippen molar-refractivity contribution in [2.24, 2.45) is 5.73 Å². The van der Waals surface area contributed by atoms with E-state index in [0.29, 0.717) is 16.4 Å². The average Bonchev–Trinajstić information content (AvgIpc) is 2.94. The highest BCUT2D eigenvalue weighted by Gasteiger charge is 2.09. The lowest BCUT2D eigenvalue weighted by Crippen LogP contribution is -2.22. The molecule has 1 amide bonds. The molecule has 0 unspecified atom stereocenters. The van der Waals surface area contributed by atoms with E-state index in [9.17, 15) is 4.79 Å². The van der Waals surface area contributed by atoms with Crippen molar-refractivity contribution >= 4 is 34.6 Å². The molecule has 0 aliphatic rings. The van der Waals surface area contributed by atoms with E-state index in [1.165, 1.54) is 17.7 Å². The highest BCUT2D eigenvalue weighted by molar-refractivity contribution is 7.08. The lowest BCUT2D eigenvalue weighted by molar-refractivity contribution is 0.0961. The maximum Gasteiger partial charge on any atom is 0.263 e. The van der Waals surface area contributed by atoms with Crippen molar-refractivity contribution in [3.05, 3.63) is 69.8 Å². The van der Waals surface area contributed by atoms with Gasteiger partial charge in [0, 0.05) is 29.5 Å². The van der Waals surface area contributed by atoms with Crippen molar-refractivity contribution < 1.29 is 4.79 Å². The average molecular weight is 334 g/mol. The number of aryl methyl sites for hydroxylation is 1. The molecule has 0 fully saturated rings. The maximum absolute atomic E-state index is 11.9. The topological polar surface area (TPSA) is 68.0 Å². The molecule has 22 heavy (non-hydrogen) atoms.